The molecule has 0 aliphatic heterocycles. The van der Waals surface area contributed by atoms with Crippen LogP contribution in [0, 0.1) is 0 Å². The van der Waals surface area contributed by atoms with Gasteiger partial charge in [0.25, 0.3) is 5.91 Å². The summed E-state index contributed by atoms with van der Waals surface area (Å²) in [7, 11) is 0. The summed E-state index contributed by atoms with van der Waals surface area (Å²) >= 11 is 5.96. The van der Waals surface area contributed by atoms with Crippen LogP contribution in [-0.4, -0.2) is 44.6 Å². The number of carbonyl (C=O) groups is 2. The van der Waals surface area contributed by atoms with E-state index in [4.69, 9.17) is 16.1 Å². The number of fused-ring (bicyclic) bond motifs is 1. The van der Waals surface area contributed by atoms with Crippen LogP contribution < -0.4 is 10.6 Å². The lowest BCUT2D eigenvalue weighted by Crippen LogP contribution is -2.34. The Morgan fingerprint density at radius 1 is 0.971 bits per heavy atom. The number of imidazole rings is 1. The van der Waals surface area contributed by atoms with Crippen molar-refractivity contribution in [3.8, 4) is 0 Å². The average molecular weight is 493 g/mol. The van der Waals surface area contributed by atoms with E-state index in [1.54, 1.807) is 36.4 Å². The molecule has 2 N–H and O–H groups in total. The van der Waals surface area contributed by atoms with Gasteiger partial charge in [0, 0.05) is 13.1 Å². The molecule has 2 amide bonds. The first-order chi connectivity index (χ1) is 16.2. The Bertz CT molecular complexity index is 1350. The number of nitrogens with zero attached hydrogens (tertiary/aromatic N) is 4. The van der Waals surface area contributed by atoms with E-state index in [9.17, 15) is 22.8 Å². The highest BCUT2D eigenvalue weighted by Gasteiger charge is 2.38. The van der Waals surface area contributed by atoms with Crippen molar-refractivity contribution in [2.75, 3.05) is 13.1 Å². The molecule has 4 aromatic rings. The number of para-hydroxylation sites is 2. The summed E-state index contributed by atoms with van der Waals surface area (Å²) in [4.78, 5) is 31.8. The molecule has 176 valence electrons. The quantitative estimate of drug-likeness (QED) is 0.383. The zero-order valence-corrected chi connectivity index (χ0v) is 18.0. The van der Waals surface area contributed by atoms with Gasteiger partial charge in [-0.15, -0.1) is 0 Å². The summed E-state index contributed by atoms with van der Waals surface area (Å²) in [6.07, 6.45) is -4.70. The van der Waals surface area contributed by atoms with Gasteiger partial charge >= 0.3 is 18.0 Å². The molecule has 0 atom stereocenters. The Hall–Kier alpha value is -3.93. The van der Waals surface area contributed by atoms with Crippen molar-refractivity contribution in [3.05, 3.63) is 76.7 Å². The molecule has 34 heavy (non-hydrogen) atoms. The van der Waals surface area contributed by atoms with Crippen molar-refractivity contribution in [2.45, 2.75) is 12.7 Å². The second-order valence-corrected chi connectivity index (χ2v) is 7.42. The molecule has 0 aliphatic carbocycles. The van der Waals surface area contributed by atoms with Crippen LogP contribution in [0.4, 0.5) is 13.2 Å². The molecule has 0 fully saturated rings. The molecule has 0 bridgehead atoms. The molecule has 0 unspecified atom stereocenters. The van der Waals surface area contributed by atoms with E-state index >= 15 is 0 Å². The van der Waals surface area contributed by atoms with Crippen LogP contribution in [0.3, 0.4) is 0 Å². The molecule has 2 heterocycles. The zero-order valence-electron chi connectivity index (χ0n) is 17.3. The van der Waals surface area contributed by atoms with E-state index in [1.807, 2.05) is 0 Å². The van der Waals surface area contributed by atoms with Gasteiger partial charge in [-0.3, -0.25) is 9.59 Å². The molecule has 0 aliphatic rings. The highest BCUT2D eigenvalue weighted by molar-refractivity contribution is 6.33. The predicted molar refractivity (Wildman–Crippen MR) is 114 cm³/mol. The first kappa shape index (κ1) is 23.2. The van der Waals surface area contributed by atoms with Gasteiger partial charge in [0.05, 0.1) is 28.2 Å². The third-order valence-corrected chi connectivity index (χ3v) is 5.01. The summed E-state index contributed by atoms with van der Waals surface area (Å²) in [5, 5.41) is 8.97. The third kappa shape index (κ3) is 5.01. The number of aromatic nitrogens is 4. The van der Waals surface area contributed by atoms with Crippen LogP contribution in [0.15, 0.2) is 53.1 Å². The van der Waals surface area contributed by atoms with Crippen LogP contribution in [-0.2, 0) is 12.7 Å². The molecule has 13 heteroatoms. The Morgan fingerprint density at radius 3 is 2.38 bits per heavy atom. The number of amides is 2. The van der Waals surface area contributed by atoms with Gasteiger partial charge in [0.15, 0.2) is 5.82 Å². The lowest BCUT2D eigenvalue weighted by atomic mass is 10.2. The van der Waals surface area contributed by atoms with Crippen molar-refractivity contribution in [1.29, 1.82) is 0 Å². The standard InChI is InChI=1S/C21H16ClF3N6O3/c22-13-6-2-1-5-12(13)17(32)26-9-10-27-18(33)19-29-16(30-34-19)11-31-15-8-4-3-7-14(15)28-20(31)21(23,24)25/h1-8H,9-11H2,(H,26,32)(H,27,33). The second kappa shape index (κ2) is 9.51. The fourth-order valence-corrected chi connectivity index (χ4v) is 3.39. The maximum absolute atomic E-state index is 13.4. The normalized spacial score (nSPS) is 11.5. The third-order valence-electron chi connectivity index (χ3n) is 4.68. The minimum atomic E-state index is -4.70. The van der Waals surface area contributed by atoms with Crippen molar-refractivity contribution < 1.29 is 27.3 Å². The van der Waals surface area contributed by atoms with Gasteiger partial charge in [-0.2, -0.15) is 18.2 Å². The first-order valence-corrected chi connectivity index (χ1v) is 10.3. The summed E-state index contributed by atoms with van der Waals surface area (Å²) in [6.45, 7) is -0.274. The number of alkyl halides is 3. The number of hydrogen-bond acceptors (Lipinski definition) is 6. The lowest BCUT2D eigenvalue weighted by Gasteiger charge is -2.09. The number of nitrogens with one attached hydrogen (secondary N) is 2. The van der Waals surface area contributed by atoms with Crippen LogP contribution in [0.2, 0.25) is 5.02 Å². The molecular formula is C21H16ClF3N6O3. The highest BCUT2D eigenvalue weighted by Crippen LogP contribution is 2.31. The zero-order chi connectivity index (χ0) is 24.3. The minimum Gasteiger partial charge on any atom is -0.350 e. The van der Waals surface area contributed by atoms with E-state index in [1.165, 1.54) is 12.1 Å². The van der Waals surface area contributed by atoms with Crippen LogP contribution >= 0.6 is 11.6 Å². The number of rotatable bonds is 7. The SMILES string of the molecule is O=C(NCCNC(=O)c1ccccc1Cl)c1nc(Cn2c(C(F)(F)F)nc3ccccc32)no1. The molecule has 0 radical (unpaired) electrons. The van der Waals surface area contributed by atoms with Crippen molar-refractivity contribution in [3.63, 3.8) is 0 Å². The van der Waals surface area contributed by atoms with E-state index in [-0.39, 0.29) is 29.9 Å². The highest BCUT2D eigenvalue weighted by atomic mass is 35.5. The van der Waals surface area contributed by atoms with Gasteiger partial charge in [-0.1, -0.05) is 41.0 Å². The Morgan fingerprint density at radius 2 is 1.65 bits per heavy atom. The monoisotopic (exact) mass is 492 g/mol. The van der Waals surface area contributed by atoms with E-state index < -0.39 is 36.3 Å². The van der Waals surface area contributed by atoms with Gasteiger partial charge in [-0.05, 0) is 24.3 Å². The summed E-state index contributed by atoms with van der Waals surface area (Å²) < 4.78 is 46.1. The van der Waals surface area contributed by atoms with Gasteiger partial charge in [-0.25, -0.2) is 4.98 Å². The van der Waals surface area contributed by atoms with Crippen LogP contribution in [0.25, 0.3) is 11.0 Å². The van der Waals surface area contributed by atoms with Crippen molar-refractivity contribution >= 4 is 34.4 Å². The molecular weight excluding hydrogens is 477 g/mol. The molecule has 4 rings (SSSR count). The summed E-state index contributed by atoms with van der Waals surface area (Å²) in [5.74, 6) is -2.82. The minimum absolute atomic E-state index is 0.0388. The molecule has 0 saturated carbocycles. The second-order valence-electron chi connectivity index (χ2n) is 7.02. The smallest absolute Gasteiger partial charge is 0.350 e. The number of hydrogen-bond donors (Lipinski definition) is 2. The Kier molecular flexibility index (Phi) is 6.50. The van der Waals surface area contributed by atoms with Crippen LogP contribution in [0.1, 0.15) is 32.7 Å². The number of halogens is 4. The fourth-order valence-electron chi connectivity index (χ4n) is 3.17. The maximum atomic E-state index is 13.4. The fraction of sp³-hybridized carbons (Fsp3) is 0.190. The summed E-state index contributed by atoms with van der Waals surface area (Å²) in [6, 6.07) is 12.6. The predicted octanol–water partition coefficient (Wildman–Crippen LogP) is 3.30. The van der Waals surface area contributed by atoms with E-state index in [0.717, 1.165) is 4.57 Å². The Balaban J connectivity index is 1.37. The molecule has 0 saturated heterocycles. The van der Waals surface area contributed by atoms with Gasteiger partial charge < -0.3 is 19.7 Å². The molecule has 9 nitrogen and oxygen atoms in total. The van der Waals surface area contributed by atoms with Gasteiger partial charge in [0.1, 0.15) is 0 Å². The maximum Gasteiger partial charge on any atom is 0.449 e. The van der Waals surface area contributed by atoms with Crippen molar-refractivity contribution in [1.82, 2.24) is 30.3 Å². The largest absolute Gasteiger partial charge is 0.449 e. The number of benzene rings is 2. The topological polar surface area (TPSA) is 115 Å². The van der Waals surface area contributed by atoms with E-state index in [2.05, 4.69) is 25.8 Å². The Labute approximate surface area is 194 Å². The van der Waals surface area contributed by atoms with Crippen LogP contribution in [0.5, 0.6) is 0 Å². The average Bonchev–Trinajstić information content (AvgIpc) is 3.42. The summed E-state index contributed by atoms with van der Waals surface area (Å²) in [5.41, 5.74) is 0.692. The van der Waals surface area contributed by atoms with Gasteiger partial charge in [0.2, 0.25) is 5.82 Å². The number of carbonyl (C=O) groups excluding carboxylic acids is 2. The molecule has 0 spiro atoms. The molecule has 2 aromatic carbocycles. The van der Waals surface area contributed by atoms with E-state index in [0.29, 0.717) is 10.6 Å². The molecule has 2 aromatic heterocycles. The first-order valence-electron chi connectivity index (χ1n) is 9.90. The van der Waals surface area contributed by atoms with Crippen molar-refractivity contribution in [2.24, 2.45) is 0 Å². The lowest BCUT2D eigenvalue weighted by molar-refractivity contribution is -0.146.